The summed E-state index contributed by atoms with van der Waals surface area (Å²) in [5.41, 5.74) is 4.74. The molecule has 0 saturated heterocycles. The molecule has 0 spiro atoms. The molecule has 13 heavy (non-hydrogen) atoms. The first kappa shape index (κ1) is 8.11. The zero-order valence-electron chi connectivity index (χ0n) is 7.88. The third kappa shape index (κ3) is 1.17. The van der Waals surface area contributed by atoms with Gasteiger partial charge < -0.3 is 4.90 Å². The quantitative estimate of drug-likeness (QED) is 0.627. The molecular formula is C12H13N. The molecule has 0 N–H and O–H groups in total. The molecule has 0 saturated carbocycles. The predicted molar refractivity (Wildman–Crippen MR) is 56.6 cm³/mol. The Kier molecular flexibility index (Phi) is 1.73. The Labute approximate surface area is 79.0 Å². The van der Waals surface area contributed by atoms with Crippen molar-refractivity contribution in [1.29, 1.82) is 0 Å². The fraction of sp³-hybridized carbons (Fsp3) is 0.167. The fourth-order valence-electron chi connectivity index (χ4n) is 1.82. The largest absolute Gasteiger partial charge is 0.319 e. The van der Waals surface area contributed by atoms with Gasteiger partial charge in [0.25, 0.3) is 0 Å². The number of fused-ring (bicyclic) bond motifs is 1. The molecule has 0 atom stereocenters. The minimum absolute atomic E-state index is 0.947. The first-order valence-electron chi connectivity index (χ1n) is 4.41. The highest BCUT2D eigenvalue weighted by atomic mass is 15.2. The van der Waals surface area contributed by atoms with E-state index in [0.717, 1.165) is 17.8 Å². The molecule has 66 valence electrons. The number of anilines is 1. The molecule has 0 unspecified atom stereocenters. The molecule has 0 aromatic heterocycles. The first-order valence-corrected chi connectivity index (χ1v) is 4.41. The Morgan fingerprint density at radius 1 is 1.38 bits per heavy atom. The average Bonchev–Trinajstić information content (AvgIpc) is 2.39. The van der Waals surface area contributed by atoms with Crippen LogP contribution in [-0.2, 0) is 6.42 Å². The SMILES string of the molecule is C=C(C)N1C(=C)Cc2ccccc21. The van der Waals surface area contributed by atoms with Gasteiger partial charge >= 0.3 is 0 Å². The second-order valence-corrected chi connectivity index (χ2v) is 3.44. The zero-order chi connectivity index (χ0) is 9.42. The Bertz CT molecular complexity index is 376. The topological polar surface area (TPSA) is 3.24 Å². The highest BCUT2D eigenvalue weighted by molar-refractivity contribution is 5.68. The average molecular weight is 171 g/mol. The van der Waals surface area contributed by atoms with Gasteiger partial charge in [0.05, 0.1) is 0 Å². The summed E-state index contributed by atoms with van der Waals surface area (Å²) in [6.45, 7) is 10.00. The van der Waals surface area contributed by atoms with E-state index in [1.165, 1.54) is 11.3 Å². The summed E-state index contributed by atoms with van der Waals surface area (Å²) in [7, 11) is 0. The maximum Gasteiger partial charge on any atom is 0.0490 e. The normalized spacial score (nSPS) is 14.5. The number of rotatable bonds is 1. The van der Waals surface area contributed by atoms with Gasteiger partial charge in [-0.1, -0.05) is 31.4 Å². The van der Waals surface area contributed by atoms with E-state index in [0.29, 0.717) is 0 Å². The molecule has 1 aliphatic rings. The maximum absolute atomic E-state index is 4.04. The summed E-state index contributed by atoms with van der Waals surface area (Å²) < 4.78 is 0. The molecule has 0 fully saturated rings. The predicted octanol–water partition coefficient (Wildman–Crippen LogP) is 3.10. The van der Waals surface area contributed by atoms with E-state index in [2.05, 4.69) is 36.3 Å². The van der Waals surface area contributed by atoms with Crippen LogP contribution in [0.5, 0.6) is 0 Å². The van der Waals surface area contributed by atoms with Gasteiger partial charge in [0.1, 0.15) is 0 Å². The van der Waals surface area contributed by atoms with Crippen LogP contribution in [0, 0.1) is 0 Å². The Balaban J connectivity index is 2.52. The Morgan fingerprint density at radius 3 is 2.77 bits per heavy atom. The van der Waals surface area contributed by atoms with Crippen LogP contribution in [-0.4, -0.2) is 0 Å². The lowest BCUT2D eigenvalue weighted by Crippen LogP contribution is -2.13. The summed E-state index contributed by atoms with van der Waals surface area (Å²) in [4.78, 5) is 2.12. The van der Waals surface area contributed by atoms with E-state index >= 15 is 0 Å². The highest BCUT2D eigenvalue weighted by Crippen LogP contribution is 2.35. The second kappa shape index (κ2) is 2.77. The van der Waals surface area contributed by atoms with Crippen molar-refractivity contribution in [2.24, 2.45) is 0 Å². The minimum atomic E-state index is 0.947. The summed E-state index contributed by atoms with van der Waals surface area (Å²) in [6.07, 6.45) is 0.947. The summed E-state index contributed by atoms with van der Waals surface area (Å²) in [6, 6.07) is 8.37. The molecule has 2 rings (SSSR count). The number of para-hydroxylation sites is 1. The van der Waals surface area contributed by atoms with Crippen molar-refractivity contribution in [2.45, 2.75) is 13.3 Å². The van der Waals surface area contributed by atoms with Crippen LogP contribution in [0.4, 0.5) is 5.69 Å². The maximum atomic E-state index is 4.04. The number of benzene rings is 1. The van der Waals surface area contributed by atoms with E-state index in [1.54, 1.807) is 0 Å². The van der Waals surface area contributed by atoms with Gasteiger partial charge in [0.15, 0.2) is 0 Å². The molecule has 0 amide bonds. The Morgan fingerprint density at radius 2 is 2.08 bits per heavy atom. The molecule has 1 nitrogen and oxygen atoms in total. The smallest absolute Gasteiger partial charge is 0.0490 e. The standard InChI is InChI=1S/C12H13N/c1-9(2)13-10(3)8-11-6-4-5-7-12(11)13/h4-7H,1,3,8H2,2H3. The molecule has 0 radical (unpaired) electrons. The van der Waals surface area contributed by atoms with Crippen molar-refractivity contribution in [3.05, 3.63) is 54.4 Å². The second-order valence-electron chi connectivity index (χ2n) is 3.44. The molecule has 1 aromatic carbocycles. The van der Waals surface area contributed by atoms with Crippen molar-refractivity contribution >= 4 is 5.69 Å². The first-order chi connectivity index (χ1) is 6.20. The summed E-state index contributed by atoms with van der Waals surface area (Å²) in [5.74, 6) is 0. The van der Waals surface area contributed by atoms with Crippen LogP contribution in [0.3, 0.4) is 0 Å². The van der Waals surface area contributed by atoms with Crippen LogP contribution < -0.4 is 4.90 Å². The molecule has 1 aliphatic heterocycles. The lowest BCUT2D eigenvalue weighted by molar-refractivity contribution is 1.09. The van der Waals surface area contributed by atoms with Crippen LogP contribution in [0.2, 0.25) is 0 Å². The lowest BCUT2D eigenvalue weighted by atomic mass is 10.1. The van der Waals surface area contributed by atoms with Crippen LogP contribution in [0.15, 0.2) is 48.8 Å². The van der Waals surface area contributed by atoms with E-state index in [1.807, 2.05) is 13.0 Å². The van der Waals surface area contributed by atoms with Gasteiger partial charge in [0.2, 0.25) is 0 Å². The molecule has 1 heteroatoms. The minimum Gasteiger partial charge on any atom is -0.319 e. The van der Waals surface area contributed by atoms with Crippen molar-refractivity contribution in [1.82, 2.24) is 0 Å². The van der Waals surface area contributed by atoms with Crippen LogP contribution in [0.1, 0.15) is 12.5 Å². The summed E-state index contributed by atoms with van der Waals surface area (Å²) >= 11 is 0. The van der Waals surface area contributed by atoms with Gasteiger partial charge in [0, 0.05) is 23.5 Å². The molecule has 1 aromatic rings. The third-order valence-corrected chi connectivity index (χ3v) is 2.32. The van der Waals surface area contributed by atoms with E-state index < -0.39 is 0 Å². The molecule has 0 bridgehead atoms. The molecule has 1 heterocycles. The number of allylic oxidation sites excluding steroid dienone is 2. The van der Waals surface area contributed by atoms with Crippen LogP contribution >= 0.6 is 0 Å². The fourth-order valence-corrected chi connectivity index (χ4v) is 1.82. The molecular weight excluding hydrogens is 158 g/mol. The van der Waals surface area contributed by atoms with Gasteiger partial charge in [-0.2, -0.15) is 0 Å². The van der Waals surface area contributed by atoms with Crippen molar-refractivity contribution in [3.8, 4) is 0 Å². The van der Waals surface area contributed by atoms with Gasteiger partial charge in [-0.05, 0) is 18.6 Å². The zero-order valence-corrected chi connectivity index (χ0v) is 7.88. The van der Waals surface area contributed by atoms with Gasteiger partial charge in [-0.15, -0.1) is 0 Å². The van der Waals surface area contributed by atoms with E-state index in [9.17, 15) is 0 Å². The van der Waals surface area contributed by atoms with Crippen molar-refractivity contribution < 1.29 is 0 Å². The molecule has 0 aliphatic carbocycles. The number of hydrogen-bond acceptors (Lipinski definition) is 1. The van der Waals surface area contributed by atoms with Crippen molar-refractivity contribution in [3.63, 3.8) is 0 Å². The van der Waals surface area contributed by atoms with Gasteiger partial charge in [-0.25, -0.2) is 0 Å². The lowest BCUT2D eigenvalue weighted by Gasteiger charge is -2.20. The number of hydrogen-bond donors (Lipinski definition) is 0. The summed E-state index contributed by atoms with van der Waals surface area (Å²) in [5, 5.41) is 0. The van der Waals surface area contributed by atoms with Gasteiger partial charge in [-0.3, -0.25) is 0 Å². The van der Waals surface area contributed by atoms with Crippen molar-refractivity contribution in [2.75, 3.05) is 4.90 Å². The Hall–Kier alpha value is -1.50. The number of nitrogens with zero attached hydrogens (tertiary/aromatic N) is 1. The van der Waals surface area contributed by atoms with E-state index in [-0.39, 0.29) is 0 Å². The van der Waals surface area contributed by atoms with Crippen LogP contribution in [0.25, 0.3) is 0 Å². The monoisotopic (exact) mass is 171 g/mol. The highest BCUT2D eigenvalue weighted by Gasteiger charge is 2.21. The van der Waals surface area contributed by atoms with E-state index in [4.69, 9.17) is 0 Å². The third-order valence-electron chi connectivity index (χ3n) is 2.32.